The van der Waals surface area contributed by atoms with Crippen molar-refractivity contribution >= 4 is 10.8 Å². The summed E-state index contributed by atoms with van der Waals surface area (Å²) < 4.78 is 0. The zero-order valence-corrected chi connectivity index (χ0v) is 7.44. The Morgan fingerprint density at radius 3 is 2.50 bits per heavy atom. The van der Waals surface area contributed by atoms with Crippen molar-refractivity contribution in [3.05, 3.63) is 36.4 Å². The Morgan fingerprint density at radius 1 is 0.929 bits per heavy atom. The van der Waals surface area contributed by atoms with Crippen LogP contribution in [0.15, 0.2) is 36.4 Å². The van der Waals surface area contributed by atoms with Crippen LogP contribution in [0.1, 0.15) is 0 Å². The molecule has 2 aromatic rings. The summed E-state index contributed by atoms with van der Waals surface area (Å²) in [6.07, 6.45) is 0. The van der Waals surface area contributed by atoms with Crippen molar-refractivity contribution in [3.8, 4) is 11.5 Å². The second-order valence-corrected chi connectivity index (χ2v) is 2.87. The highest BCUT2D eigenvalue weighted by Crippen LogP contribution is 2.27. The number of hydrogen-bond donors (Lipinski definition) is 2. The Hall–Kier alpha value is -1.78. The van der Waals surface area contributed by atoms with Gasteiger partial charge in [0.1, 0.15) is 5.75 Å². The maximum atomic E-state index is 5.13. The van der Waals surface area contributed by atoms with Crippen LogP contribution < -0.4 is 21.5 Å². The maximum absolute atomic E-state index is 5.13. The number of fused-ring (bicyclic) bond motifs is 1. The average Bonchev–Trinajstić information content (AvgIpc) is 2.27. The lowest BCUT2D eigenvalue weighted by atomic mass is 10.1. The number of nitrogens with two attached hydrogens (primary N) is 2. The number of benzene rings is 2. The lowest BCUT2D eigenvalue weighted by Gasteiger charge is -2.05. The van der Waals surface area contributed by atoms with E-state index in [-0.39, 0.29) is 0 Å². The molecule has 72 valence electrons. The van der Waals surface area contributed by atoms with Crippen molar-refractivity contribution < 1.29 is 9.68 Å². The van der Waals surface area contributed by atoms with Crippen LogP contribution in [-0.2, 0) is 0 Å². The highest BCUT2D eigenvalue weighted by Gasteiger charge is 2.01. The van der Waals surface area contributed by atoms with Crippen molar-refractivity contribution in [1.29, 1.82) is 0 Å². The first-order valence-corrected chi connectivity index (χ1v) is 4.11. The van der Waals surface area contributed by atoms with Crippen LogP contribution in [0.4, 0.5) is 0 Å². The van der Waals surface area contributed by atoms with Crippen LogP contribution in [0.3, 0.4) is 0 Å². The van der Waals surface area contributed by atoms with Gasteiger partial charge in [0.25, 0.3) is 0 Å². The topological polar surface area (TPSA) is 70.5 Å². The Morgan fingerprint density at radius 2 is 1.79 bits per heavy atom. The van der Waals surface area contributed by atoms with E-state index in [4.69, 9.17) is 16.6 Å². The molecule has 2 rings (SSSR count). The first-order valence-electron chi connectivity index (χ1n) is 4.11. The normalized spacial score (nSPS) is 10.1. The Balaban J connectivity index is 2.67. The third-order valence-corrected chi connectivity index (χ3v) is 2.07. The Kier molecular flexibility index (Phi) is 2.22. The van der Waals surface area contributed by atoms with Crippen LogP contribution in [0.2, 0.25) is 0 Å². The standard InChI is InChI=1S/C10H10N2O2/c11-13-8-4-5-9-7(6-8)2-1-3-10(9)14-12/h1-6H,11-12H2. The van der Waals surface area contributed by atoms with E-state index >= 15 is 0 Å². The molecule has 14 heavy (non-hydrogen) atoms. The molecule has 0 bridgehead atoms. The fraction of sp³-hybridized carbons (Fsp3) is 0. The van der Waals surface area contributed by atoms with E-state index in [1.165, 1.54) is 0 Å². The minimum atomic E-state index is 0.603. The Labute approximate surface area is 80.9 Å². The molecule has 0 atom stereocenters. The quantitative estimate of drug-likeness (QED) is 0.701. The summed E-state index contributed by atoms with van der Waals surface area (Å²) in [5, 5.41) is 1.90. The van der Waals surface area contributed by atoms with Gasteiger partial charge >= 0.3 is 0 Å². The lowest BCUT2D eigenvalue weighted by Crippen LogP contribution is -2.03. The summed E-state index contributed by atoms with van der Waals surface area (Å²) in [7, 11) is 0. The van der Waals surface area contributed by atoms with Gasteiger partial charge in [-0.3, -0.25) is 0 Å². The predicted octanol–water partition coefficient (Wildman–Crippen LogP) is 1.34. The largest absolute Gasteiger partial charge is 0.412 e. The smallest absolute Gasteiger partial charge is 0.154 e. The third kappa shape index (κ3) is 1.37. The molecule has 0 spiro atoms. The summed E-state index contributed by atoms with van der Waals surface area (Å²) >= 11 is 0. The molecule has 0 aliphatic heterocycles. The molecular formula is C10H10N2O2. The zero-order chi connectivity index (χ0) is 9.97. The predicted molar refractivity (Wildman–Crippen MR) is 53.6 cm³/mol. The molecule has 0 saturated heterocycles. The Bertz CT molecular complexity index is 457. The summed E-state index contributed by atoms with van der Waals surface area (Å²) in [5.74, 6) is 11.4. The highest BCUT2D eigenvalue weighted by atomic mass is 16.6. The SMILES string of the molecule is NOc1ccc2c(ON)cccc2c1. The second kappa shape index (κ2) is 3.53. The van der Waals surface area contributed by atoms with Gasteiger partial charge in [0, 0.05) is 5.39 Å². The highest BCUT2D eigenvalue weighted by molar-refractivity contribution is 5.89. The van der Waals surface area contributed by atoms with Gasteiger partial charge in [-0.2, -0.15) is 11.8 Å². The van der Waals surface area contributed by atoms with Gasteiger partial charge in [0.2, 0.25) is 0 Å². The van der Waals surface area contributed by atoms with Gasteiger partial charge in [-0.25, -0.2) is 0 Å². The van der Waals surface area contributed by atoms with Gasteiger partial charge < -0.3 is 9.68 Å². The minimum absolute atomic E-state index is 0.603. The molecule has 0 unspecified atom stereocenters. The molecule has 4 heteroatoms. The van der Waals surface area contributed by atoms with E-state index in [0.29, 0.717) is 11.5 Å². The molecule has 4 nitrogen and oxygen atoms in total. The van der Waals surface area contributed by atoms with E-state index in [2.05, 4.69) is 4.84 Å². The molecule has 0 aliphatic carbocycles. The van der Waals surface area contributed by atoms with Gasteiger partial charge in [-0.15, -0.1) is 0 Å². The first-order chi connectivity index (χ1) is 6.85. The molecule has 4 N–H and O–H groups in total. The van der Waals surface area contributed by atoms with Gasteiger partial charge in [-0.1, -0.05) is 12.1 Å². The maximum Gasteiger partial charge on any atom is 0.154 e. The molecule has 0 fully saturated rings. The zero-order valence-electron chi connectivity index (χ0n) is 7.44. The van der Waals surface area contributed by atoms with Gasteiger partial charge in [0.15, 0.2) is 5.75 Å². The molecular weight excluding hydrogens is 180 g/mol. The van der Waals surface area contributed by atoms with Crippen molar-refractivity contribution in [1.82, 2.24) is 0 Å². The van der Waals surface area contributed by atoms with Crippen molar-refractivity contribution in [3.63, 3.8) is 0 Å². The summed E-state index contributed by atoms with van der Waals surface area (Å²) in [5.41, 5.74) is 0. The molecule has 0 aliphatic rings. The van der Waals surface area contributed by atoms with Crippen LogP contribution >= 0.6 is 0 Å². The number of hydrogen-bond acceptors (Lipinski definition) is 4. The van der Waals surface area contributed by atoms with Crippen molar-refractivity contribution in [2.24, 2.45) is 11.8 Å². The fourth-order valence-electron chi connectivity index (χ4n) is 1.41. The molecule has 0 heterocycles. The molecule has 0 amide bonds. The molecule has 0 aromatic heterocycles. The van der Waals surface area contributed by atoms with Crippen molar-refractivity contribution in [2.45, 2.75) is 0 Å². The van der Waals surface area contributed by atoms with Crippen LogP contribution in [0.25, 0.3) is 10.8 Å². The van der Waals surface area contributed by atoms with E-state index in [1.807, 2.05) is 24.3 Å². The van der Waals surface area contributed by atoms with Gasteiger partial charge in [0.05, 0.1) is 0 Å². The summed E-state index contributed by atoms with van der Waals surface area (Å²) in [6.45, 7) is 0. The van der Waals surface area contributed by atoms with E-state index < -0.39 is 0 Å². The summed E-state index contributed by atoms with van der Waals surface area (Å²) in [6, 6.07) is 11.0. The van der Waals surface area contributed by atoms with Crippen LogP contribution in [-0.4, -0.2) is 0 Å². The monoisotopic (exact) mass is 190 g/mol. The average molecular weight is 190 g/mol. The first kappa shape index (κ1) is 8.80. The van der Waals surface area contributed by atoms with E-state index in [1.54, 1.807) is 12.1 Å². The molecule has 2 aromatic carbocycles. The summed E-state index contributed by atoms with van der Waals surface area (Å²) in [4.78, 5) is 9.35. The second-order valence-electron chi connectivity index (χ2n) is 2.87. The number of rotatable bonds is 2. The van der Waals surface area contributed by atoms with Crippen LogP contribution in [0, 0.1) is 0 Å². The molecule has 0 saturated carbocycles. The third-order valence-electron chi connectivity index (χ3n) is 2.07. The lowest BCUT2D eigenvalue weighted by molar-refractivity contribution is 0.334. The molecule has 0 radical (unpaired) electrons. The minimum Gasteiger partial charge on any atom is -0.412 e. The van der Waals surface area contributed by atoms with E-state index in [0.717, 1.165) is 10.8 Å². The van der Waals surface area contributed by atoms with Gasteiger partial charge in [-0.05, 0) is 29.7 Å². The van der Waals surface area contributed by atoms with Crippen LogP contribution in [0.5, 0.6) is 11.5 Å². The fourth-order valence-corrected chi connectivity index (χ4v) is 1.41. The van der Waals surface area contributed by atoms with E-state index in [9.17, 15) is 0 Å². The van der Waals surface area contributed by atoms with Crippen molar-refractivity contribution in [2.75, 3.05) is 0 Å².